The number of furan rings is 1. The summed E-state index contributed by atoms with van der Waals surface area (Å²) in [5, 5.41) is 3.37. The van der Waals surface area contributed by atoms with Crippen LogP contribution in [0.5, 0.6) is 0 Å². The Morgan fingerprint density at radius 1 is 1.33 bits per heavy atom. The fourth-order valence-corrected chi connectivity index (χ4v) is 2.02. The van der Waals surface area contributed by atoms with Crippen molar-refractivity contribution in [1.82, 2.24) is 5.32 Å². The molecule has 86 valence electrons. The molecule has 0 aliphatic rings. The minimum atomic E-state index is 0.198. The monoisotopic (exact) mass is 209 g/mol. The maximum absolute atomic E-state index is 5.59. The van der Waals surface area contributed by atoms with Gasteiger partial charge in [0.15, 0.2) is 0 Å². The maximum atomic E-state index is 5.59. The smallest absolute Gasteiger partial charge is 0.104 e. The second kappa shape index (κ2) is 4.84. The lowest BCUT2D eigenvalue weighted by Crippen LogP contribution is -2.25. The molecule has 0 bridgehead atoms. The first-order valence-corrected chi connectivity index (χ1v) is 5.75. The summed E-state index contributed by atoms with van der Waals surface area (Å²) < 4.78 is 5.59. The van der Waals surface area contributed by atoms with E-state index in [0.717, 1.165) is 31.0 Å². The van der Waals surface area contributed by atoms with Crippen LogP contribution in [-0.2, 0) is 5.41 Å². The Hall–Kier alpha value is -0.760. The van der Waals surface area contributed by atoms with E-state index in [1.165, 1.54) is 5.56 Å². The average Bonchev–Trinajstić information content (AvgIpc) is 2.46. The molecule has 0 aromatic carbocycles. The molecule has 0 aliphatic heterocycles. The van der Waals surface area contributed by atoms with E-state index in [4.69, 9.17) is 4.42 Å². The molecular weight excluding hydrogens is 186 g/mol. The lowest BCUT2D eigenvalue weighted by molar-refractivity contribution is 0.440. The molecule has 0 fully saturated rings. The molecule has 0 atom stereocenters. The van der Waals surface area contributed by atoms with Gasteiger partial charge in [0.1, 0.15) is 11.5 Å². The summed E-state index contributed by atoms with van der Waals surface area (Å²) in [7, 11) is 0. The van der Waals surface area contributed by atoms with Crippen LogP contribution in [0.1, 0.15) is 44.3 Å². The van der Waals surface area contributed by atoms with Crippen LogP contribution in [0.25, 0.3) is 0 Å². The van der Waals surface area contributed by atoms with Crippen LogP contribution < -0.4 is 5.32 Å². The molecule has 1 N–H and O–H groups in total. The van der Waals surface area contributed by atoms with E-state index in [1.54, 1.807) is 0 Å². The van der Waals surface area contributed by atoms with Gasteiger partial charge in [0, 0.05) is 0 Å². The summed E-state index contributed by atoms with van der Waals surface area (Å²) in [6.45, 7) is 12.9. The molecule has 0 unspecified atom stereocenters. The van der Waals surface area contributed by atoms with E-state index >= 15 is 0 Å². The first-order chi connectivity index (χ1) is 6.97. The van der Waals surface area contributed by atoms with Crippen molar-refractivity contribution in [2.45, 2.75) is 46.5 Å². The molecule has 1 aromatic heterocycles. The number of hydrogen-bond donors (Lipinski definition) is 1. The van der Waals surface area contributed by atoms with Gasteiger partial charge in [-0.3, -0.25) is 0 Å². The number of nitrogens with one attached hydrogen (secondary N) is 1. The first-order valence-electron chi connectivity index (χ1n) is 5.75. The molecule has 2 heteroatoms. The zero-order chi connectivity index (χ0) is 11.5. The molecule has 0 aliphatic carbocycles. The van der Waals surface area contributed by atoms with Crippen LogP contribution in [0.2, 0.25) is 0 Å². The number of hydrogen-bond acceptors (Lipinski definition) is 2. The van der Waals surface area contributed by atoms with E-state index in [1.807, 2.05) is 6.92 Å². The van der Waals surface area contributed by atoms with Crippen LogP contribution in [0.15, 0.2) is 10.5 Å². The quantitative estimate of drug-likeness (QED) is 0.753. The topological polar surface area (TPSA) is 25.2 Å². The summed E-state index contributed by atoms with van der Waals surface area (Å²) >= 11 is 0. The maximum Gasteiger partial charge on any atom is 0.104 e. The Labute approximate surface area is 93.1 Å². The molecule has 15 heavy (non-hydrogen) atoms. The van der Waals surface area contributed by atoms with Gasteiger partial charge >= 0.3 is 0 Å². The molecule has 0 amide bonds. The third-order valence-corrected chi connectivity index (χ3v) is 2.95. The minimum absolute atomic E-state index is 0.198. The minimum Gasteiger partial charge on any atom is -0.466 e. The average molecular weight is 209 g/mol. The highest BCUT2D eigenvalue weighted by Crippen LogP contribution is 2.31. The molecule has 0 saturated carbocycles. The van der Waals surface area contributed by atoms with Crippen LogP contribution in [0, 0.1) is 13.8 Å². The van der Waals surface area contributed by atoms with Gasteiger partial charge in [0.25, 0.3) is 0 Å². The van der Waals surface area contributed by atoms with Gasteiger partial charge in [-0.2, -0.15) is 0 Å². The third-order valence-electron chi connectivity index (χ3n) is 2.95. The zero-order valence-corrected chi connectivity index (χ0v) is 10.6. The summed E-state index contributed by atoms with van der Waals surface area (Å²) in [6.07, 6.45) is 1.14. The molecule has 0 radical (unpaired) electrons. The van der Waals surface area contributed by atoms with Gasteiger partial charge in [-0.25, -0.2) is 0 Å². The van der Waals surface area contributed by atoms with Gasteiger partial charge < -0.3 is 9.73 Å². The highest BCUT2D eigenvalue weighted by atomic mass is 16.3. The van der Waals surface area contributed by atoms with E-state index < -0.39 is 0 Å². The van der Waals surface area contributed by atoms with Gasteiger partial charge in [-0.1, -0.05) is 20.8 Å². The van der Waals surface area contributed by atoms with Crippen LogP contribution in [0.4, 0.5) is 0 Å². The zero-order valence-electron chi connectivity index (χ0n) is 10.6. The normalized spacial score (nSPS) is 12.1. The largest absolute Gasteiger partial charge is 0.466 e. The van der Waals surface area contributed by atoms with Crippen molar-refractivity contribution >= 4 is 0 Å². The second-order valence-electron chi connectivity index (χ2n) is 4.81. The van der Waals surface area contributed by atoms with Crippen molar-refractivity contribution in [1.29, 1.82) is 0 Å². The van der Waals surface area contributed by atoms with E-state index in [-0.39, 0.29) is 5.41 Å². The third kappa shape index (κ3) is 3.10. The highest BCUT2D eigenvalue weighted by molar-refractivity contribution is 5.28. The second-order valence-corrected chi connectivity index (χ2v) is 4.81. The van der Waals surface area contributed by atoms with Crippen molar-refractivity contribution in [3.63, 3.8) is 0 Å². The van der Waals surface area contributed by atoms with Crippen LogP contribution >= 0.6 is 0 Å². The Morgan fingerprint density at radius 3 is 2.47 bits per heavy atom. The lowest BCUT2D eigenvalue weighted by atomic mass is 9.81. The van der Waals surface area contributed by atoms with E-state index in [0.29, 0.717) is 0 Å². The number of aryl methyl sites for hydroxylation is 2. The Balaban J connectivity index is 2.71. The molecule has 1 aromatic rings. The van der Waals surface area contributed by atoms with Gasteiger partial charge in [0.2, 0.25) is 0 Å². The first kappa shape index (κ1) is 12.3. The van der Waals surface area contributed by atoms with Crippen LogP contribution in [0.3, 0.4) is 0 Å². The van der Waals surface area contributed by atoms with Gasteiger partial charge in [-0.15, -0.1) is 0 Å². The molecule has 0 saturated heterocycles. The van der Waals surface area contributed by atoms with E-state index in [2.05, 4.69) is 39.1 Å². The Kier molecular flexibility index (Phi) is 3.97. The molecule has 1 heterocycles. The summed E-state index contributed by atoms with van der Waals surface area (Å²) in [4.78, 5) is 0. The van der Waals surface area contributed by atoms with Crippen molar-refractivity contribution in [2.75, 3.05) is 13.1 Å². The summed E-state index contributed by atoms with van der Waals surface area (Å²) in [5.74, 6) is 2.08. The Morgan fingerprint density at radius 2 is 2.00 bits per heavy atom. The van der Waals surface area contributed by atoms with E-state index in [9.17, 15) is 0 Å². The van der Waals surface area contributed by atoms with Crippen molar-refractivity contribution in [2.24, 2.45) is 0 Å². The van der Waals surface area contributed by atoms with Crippen LogP contribution in [-0.4, -0.2) is 13.1 Å². The fraction of sp³-hybridized carbons (Fsp3) is 0.692. The van der Waals surface area contributed by atoms with Crippen molar-refractivity contribution in [3.8, 4) is 0 Å². The van der Waals surface area contributed by atoms with Crippen molar-refractivity contribution in [3.05, 3.63) is 23.2 Å². The van der Waals surface area contributed by atoms with Gasteiger partial charge in [-0.05, 0) is 50.4 Å². The molecule has 1 rings (SSSR count). The SMILES string of the molecule is CCNCCC(C)(C)c1cc(C)oc1C. The Bertz CT molecular complexity index is 312. The predicted octanol–water partition coefficient (Wildman–Crippen LogP) is 3.17. The molecular formula is C13H23NO. The predicted molar refractivity (Wildman–Crippen MR) is 64.4 cm³/mol. The lowest BCUT2D eigenvalue weighted by Gasteiger charge is -2.24. The van der Waals surface area contributed by atoms with Crippen molar-refractivity contribution < 1.29 is 4.42 Å². The highest BCUT2D eigenvalue weighted by Gasteiger charge is 2.24. The molecule has 2 nitrogen and oxygen atoms in total. The number of rotatable bonds is 5. The standard InChI is InChI=1S/C13H23NO/c1-6-14-8-7-13(4,5)12-9-10(2)15-11(12)3/h9,14H,6-8H2,1-5H3. The summed E-state index contributed by atoms with van der Waals surface area (Å²) in [6, 6.07) is 2.17. The summed E-state index contributed by atoms with van der Waals surface area (Å²) in [5.41, 5.74) is 1.54. The fourth-order valence-electron chi connectivity index (χ4n) is 2.02. The van der Waals surface area contributed by atoms with Gasteiger partial charge in [0.05, 0.1) is 0 Å². The molecule has 0 spiro atoms.